The van der Waals surface area contributed by atoms with E-state index in [9.17, 15) is 9.59 Å². The van der Waals surface area contributed by atoms with Gasteiger partial charge in [-0.1, -0.05) is 12.2 Å². The molecule has 2 fully saturated rings. The number of rotatable bonds is 8. The van der Waals surface area contributed by atoms with Gasteiger partial charge in [-0.15, -0.1) is 35.3 Å². The fourth-order valence-corrected chi connectivity index (χ4v) is 5.54. The summed E-state index contributed by atoms with van der Waals surface area (Å²) < 4.78 is 0. The molecule has 7 nitrogen and oxygen atoms in total. The highest BCUT2D eigenvalue weighted by Gasteiger charge is 2.58. The van der Waals surface area contributed by atoms with Crippen molar-refractivity contribution in [2.24, 2.45) is 28.7 Å². The molecule has 4 atom stereocenters. The standard InChI is InChI=1S/C21H29N5O2S.HI/c1-3-22-21(24-9-7-16-25-12-13(2)29-16)23-8-4-10-26-19(27)17-14-5-6-15(11-14)18(17)20(26)28;/h5-6,12,14-15,17-18H,3-4,7-11H2,1-2H3,(H2,22,23,24);1H. The van der Waals surface area contributed by atoms with Crippen LogP contribution in [0.1, 0.15) is 29.7 Å². The highest BCUT2D eigenvalue weighted by Crippen LogP contribution is 2.52. The number of thiazole rings is 1. The average Bonchev–Trinajstić information content (AvgIpc) is 3.46. The van der Waals surface area contributed by atoms with Crippen LogP contribution in [-0.2, 0) is 16.0 Å². The first-order valence-corrected chi connectivity index (χ1v) is 11.4. The summed E-state index contributed by atoms with van der Waals surface area (Å²) in [5, 5.41) is 7.68. The lowest BCUT2D eigenvalue weighted by Crippen LogP contribution is -2.38. The molecule has 9 heteroatoms. The van der Waals surface area contributed by atoms with Crippen molar-refractivity contribution in [2.45, 2.75) is 33.1 Å². The van der Waals surface area contributed by atoms with E-state index in [1.54, 1.807) is 11.3 Å². The van der Waals surface area contributed by atoms with Gasteiger partial charge in [0.25, 0.3) is 0 Å². The van der Waals surface area contributed by atoms with Crippen LogP contribution in [0.25, 0.3) is 0 Å². The zero-order valence-electron chi connectivity index (χ0n) is 17.5. The van der Waals surface area contributed by atoms with E-state index in [-0.39, 0.29) is 59.5 Å². The first-order valence-electron chi connectivity index (χ1n) is 10.6. The Morgan fingerprint density at radius 2 is 1.93 bits per heavy atom. The summed E-state index contributed by atoms with van der Waals surface area (Å²) >= 11 is 1.72. The van der Waals surface area contributed by atoms with E-state index in [0.29, 0.717) is 19.5 Å². The number of halogens is 1. The Kier molecular flexibility index (Phi) is 7.89. The molecule has 2 heterocycles. The fraction of sp³-hybridized carbons (Fsp3) is 0.619. The van der Waals surface area contributed by atoms with Gasteiger partial charge in [0.2, 0.25) is 11.8 Å². The van der Waals surface area contributed by atoms with Crippen LogP contribution in [0.5, 0.6) is 0 Å². The van der Waals surface area contributed by atoms with Crippen molar-refractivity contribution >= 4 is 53.1 Å². The van der Waals surface area contributed by atoms with Crippen molar-refractivity contribution in [3.8, 4) is 0 Å². The van der Waals surface area contributed by atoms with E-state index in [4.69, 9.17) is 0 Å². The maximum absolute atomic E-state index is 12.7. The van der Waals surface area contributed by atoms with Crippen molar-refractivity contribution in [3.63, 3.8) is 0 Å². The van der Waals surface area contributed by atoms with Crippen molar-refractivity contribution in [1.82, 2.24) is 20.5 Å². The van der Waals surface area contributed by atoms with Gasteiger partial charge in [-0.3, -0.25) is 19.5 Å². The number of aryl methyl sites for hydroxylation is 1. The number of amides is 2. The molecule has 0 spiro atoms. The highest BCUT2D eigenvalue weighted by atomic mass is 127. The Bertz CT molecular complexity index is 809. The van der Waals surface area contributed by atoms with Gasteiger partial charge < -0.3 is 10.6 Å². The number of fused-ring (bicyclic) bond motifs is 5. The van der Waals surface area contributed by atoms with Crippen LogP contribution in [0.15, 0.2) is 23.3 Å². The molecule has 2 aliphatic carbocycles. The molecule has 164 valence electrons. The largest absolute Gasteiger partial charge is 0.357 e. The molecule has 1 aliphatic heterocycles. The van der Waals surface area contributed by atoms with Gasteiger partial charge in [-0.25, -0.2) is 4.98 Å². The first kappa shape index (κ1) is 23.2. The summed E-state index contributed by atoms with van der Waals surface area (Å²) in [6.07, 6.45) is 8.68. The molecular weight excluding hydrogens is 513 g/mol. The number of likely N-dealkylation sites (tertiary alicyclic amines) is 1. The molecule has 1 saturated carbocycles. The number of carbonyl (C=O) groups excluding carboxylic acids is 2. The minimum absolute atomic E-state index is 0. The number of aromatic nitrogens is 1. The molecule has 4 unspecified atom stereocenters. The Hall–Kier alpha value is -1.49. The Morgan fingerprint density at radius 1 is 1.23 bits per heavy atom. The number of nitrogens with zero attached hydrogens (tertiary/aromatic N) is 3. The molecule has 2 bridgehead atoms. The van der Waals surface area contributed by atoms with E-state index in [2.05, 4.69) is 39.7 Å². The van der Waals surface area contributed by atoms with Gasteiger partial charge in [-0.05, 0) is 38.5 Å². The number of hydrogen-bond donors (Lipinski definition) is 2. The summed E-state index contributed by atoms with van der Waals surface area (Å²) in [6, 6.07) is 0. The summed E-state index contributed by atoms with van der Waals surface area (Å²) in [4.78, 5) is 37.1. The third kappa shape index (κ3) is 4.71. The number of aliphatic imine (C=N–C) groups is 1. The first-order chi connectivity index (χ1) is 14.1. The number of hydrogen-bond acceptors (Lipinski definition) is 5. The molecule has 2 N–H and O–H groups in total. The van der Waals surface area contributed by atoms with Crippen LogP contribution in [-0.4, -0.2) is 53.8 Å². The van der Waals surface area contributed by atoms with Gasteiger partial charge in [0.15, 0.2) is 5.96 Å². The molecule has 0 aromatic carbocycles. The van der Waals surface area contributed by atoms with Crippen LogP contribution in [0.3, 0.4) is 0 Å². The normalized spacial score (nSPS) is 26.9. The topological polar surface area (TPSA) is 86.7 Å². The van der Waals surface area contributed by atoms with E-state index < -0.39 is 0 Å². The van der Waals surface area contributed by atoms with Gasteiger partial charge in [0, 0.05) is 43.7 Å². The molecule has 1 saturated heterocycles. The third-order valence-corrected chi connectivity index (χ3v) is 6.99. The average molecular weight is 543 g/mol. The Labute approximate surface area is 198 Å². The van der Waals surface area contributed by atoms with Gasteiger partial charge in [0.1, 0.15) is 0 Å². The van der Waals surface area contributed by atoms with Crippen molar-refractivity contribution in [2.75, 3.05) is 26.2 Å². The second-order valence-corrected chi connectivity index (χ2v) is 9.30. The number of imide groups is 1. The lowest BCUT2D eigenvalue weighted by Gasteiger charge is -2.16. The quantitative estimate of drug-likeness (QED) is 0.131. The minimum atomic E-state index is -0.102. The molecule has 1 aromatic rings. The predicted octanol–water partition coefficient (Wildman–Crippen LogP) is 2.36. The lowest BCUT2D eigenvalue weighted by atomic mass is 9.85. The number of guanidine groups is 1. The van der Waals surface area contributed by atoms with Crippen LogP contribution < -0.4 is 10.6 Å². The highest BCUT2D eigenvalue weighted by molar-refractivity contribution is 14.0. The number of carbonyl (C=O) groups is 2. The molecule has 0 radical (unpaired) electrons. The van der Waals surface area contributed by atoms with Gasteiger partial charge >= 0.3 is 0 Å². The number of allylic oxidation sites excluding steroid dienone is 2. The van der Waals surface area contributed by atoms with Crippen molar-refractivity contribution < 1.29 is 9.59 Å². The molecule has 1 aromatic heterocycles. The maximum Gasteiger partial charge on any atom is 0.233 e. The zero-order chi connectivity index (χ0) is 20.4. The minimum Gasteiger partial charge on any atom is -0.357 e. The maximum atomic E-state index is 12.7. The van der Waals surface area contributed by atoms with Crippen molar-refractivity contribution in [3.05, 3.63) is 28.2 Å². The zero-order valence-corrected chi connectivity index (χ0v) is 20.6. The summed E-state index contributed by atoms with van der Waals surface area (Å²) in [5.41, 5.74) is 0. The smallest absolute Gasteiger partial charge is 0.233 e. The Balaban J connectivity index is 0.00000256. The fourth-order valence-electron chi connectivity index (χ4n) is 4.75. The van der Waals surface area contributed by atoms with Crippen LogP contribution in [0.2, 0.25) is 0 Å². The van der Waals surface area contributed by atoms with Gasteiger partial charge in [-0.2, -0.15) is 0 Å². The number of nitrogens with one attached hydrogen (secondary N) is 2. The molecule has 4 rings (SSSR count). The van der Waals surface area contributed by atoms with E-state index in [1.165, 1.54) is 9.78 Å². The lowest BCUT2D eigenvalue weighted by molar-refractivity contribution is -0.140. The van der Waals surface area contributed by atoms with E-state index >= 15 is 0 Å². The SMILES string of the molecule is CCNC(=NCCCN1C(=O)C2C3C=CC(C3)C2C1=O)NCCc1ncc(C)s1.I. The summed E-state index contributed by atoms with van der Waals surface area (Å²) in [6.45, 7) is 6.68. The van der Waals surface area contributed by atoms with E-state index in [0.717, 1.165) is 36.9 Å². The van der Waals surface area contributed by atoms with Crippen molar-refractivity contribution in [1.29, 1.82) is 0 Å². The predicted molar refractivity (Wildman–Crippen MR) is 129 cm³/mol. The third-order valence-electron chi connectivity index (χ3n) is 6.02. The summed E-state index contributed by atoms with van der Waals surface area (Å²) in [7, 11) is 0. The Morgan fingerprint density at radius 3 is 2.53 bits per heavy atom. The van der Waals surface area contributed by atoms with Crippen LogP contribution >= 0.6 is 35.3 Å². The second-order valence-electron chi connectivity index (χ2n) is 7.98. The molecular formula is C21H30IN5O2S. The molecule has 30 heavy (non-hydrogen) atoms. The van der Waals surface area contributed by atoms with Crippen LogP contribution in [0, 0.1) is 30.6 Å². The molecule has 3 aliphatic rings. The molecule has 2 amide bonds. The monoisotopic (exact) mass is 543 g/mol. The van der Waals surface area contributed by atoms with Crippen LogP contribution in [0.4, 0.5) is 0 Å². The van der Waals surface area contributed by atoms with E-state index in [1.807, 2.05) is 13.1 Å². The van der Waals surface area contributed by atoms with Gasteiger partial charge in [0.05, 0.1) is 16.8 Å². The summed E-state index contributed by atoms with van der Waals surface area (Å²) in [5.74, 6) is 1.17. The second kappa shape index (κ2) is 10.2.